The second-order valence-corrected chi connectivity index (χ2v) is 6.64. The Morgan fingerprint density at radius 1 is 0.957 bits per heavy atom. The molecule has 2 aromatic heterocycles. The van der Waals surface area contributed by atoms with E-state index in [0.29, 0.717) is 0 Å². The molecule has 114 valence electrons. The number of hydrogen-bond acceptors (Lipinski definition) is 2. The summed E-state index contributed by atoms with van der Waals surface area (Å²) in [6.45, 7) is 3.95. The van der Waals surface area contributed by atoms with Crippen molar-refractivity contribution in [2.24, 2.45) is 0 Å². The molecule has 0 aliphatic rings. The molecule has 0 atom stereocenters. The van der Waals surface area contributed by atoms with E-state index in [1.165, 1.54) is 0 Å². The molecular formula is C19H14BrNO2. The topological polar surface area (TPSA) is 35.1 Å². The molecule has 0 bridgehead atoms. The van der Waals surface area contributed by atoms with Crippen LogP contribution in [0.1, 0.15) is 11.3 Å². The lowest BCUT2D eigenvalue weighted by atomic mass is 10.1. The first kappa shape index (κ1) is 14.3. The highest BCUT2D eigenvalue weighted by Gasteiger charge is 2.14. The van der Waals surface area contributed by atoms with Gasteiger partial charge in [0.1, 0.15) is 5.58 Å². The second kappa shape index (κ2) is 5.10. The van der Waals surface area contributed by atoms with Crippen LogP contribution >= 0.6 is 15.9 Å². The van der Waals surface area contributed by atoms with E-state index in [1.54, 1.807) is 10.6 Å². The molecule has 4 aromatic rings. The Kier molecular flexibility index (Phi) is 3.16. The monoisotopic (exact) mass is 367 g/mol. The van der Waals surface area contributed by atoms with Crippen LogP contribution in [0.5, 0.6) is 0 Å². The van der Waals surface area contributed by atoms with Gasteiger partial charge >= 0.3 is 0 Å². The fraction of sp³-hybridized carbons (Fsp3) is 0.105. The van der Waals surface area contributed by atoms with Crippen molar-refractivity contribution in [3.63, 3.8) is 0 Å². The Labute approximate surface area is 141 Å². The molecule has 23 heavy (non-hydrogen) atoms. The standard InChI is InChI=1S/C19H14BrNO2/c1-11-3-8-15-16-10-18(22)21(14-6-4-13(20)5-7-14)12(2)19(16)23-17(15)9-11/h3-10H,1-2H3. The van der Waals surface area contributed by atoms with Crippen molar-refractivity contribution in [3.05, 3.63) is 74.6 Å². The van der Waals surface area contributed by atoms with E-state index in [1.807, 2.05) is 56.3 Å². The fourth-order valence-electron chi connectivity index (χ4n) is 3.00. The maximum Gasteiger partial charge on any atom is 0.256 e. The van der Waals surface area contributed by atoms with E-state index < -0.39 is 0 Å². The molecule has 0 aliphatic heterocycles. The number of benzene rings is 2. The molecule has 0 saturated carbocycles. The zero-order valence-electron chi connectivity index (χ0n) is 12.8. The van der Waals surface area contributed by atoms with Gasteiger partial charge in [-0.3, -0.25) is 9.36 Å². The number of aryl methyl sites for hydroxylation is 2. The summed E-state index contributed by atoms with van der Waals surface area (Å²) in [7, 11) is 0. The van der Waals surface area contributed by atoms with Crippen LogP contribution in [0.25, 0.3) is 27.6 Å². The summed E-state index contributed by atoms with van der Waals surface area (Å²) in [6.07, 6.45) is 0. The molecule has 4 rings (SSSR count). The van der Waals surface area contributed by atoms with Crippen LogP contribution < -0.4 is 5.56 Å². The Morgan fingerprint density at radius 2 is 1.70 bits per heavy atom. The molecule has 3 nitrogen and oxygen atoms in total. The minimum absolute atomic E-state index is 0.0550. The summed E-state index contributed by atoms with van der Waals surface area (Å²) in [5.74, 6) is 0. The van der Waals surface area contributed by atoms with Crippen molar-refractivity contribution >= 4 is 37.9 Å². The van der Waals surface area contributed by atoms with Gasteiger partial charge in [0.05, 0.1) is 5.69 Å². The molecule has 2 aromatic carbocycles. The third kappa shape index (κ3) is 2.21. The highest BCUT2D eigenvalue weighted by Crippen LogP contribution is 2.31. The van der Waals surface area contributed by atoms with Crippen LogP contribution in [0.2, 0.25) is 0 Å². The summed E-state index contributed by atoms with van der Waals surface area (Å²) >= 11 is 3.42. The molecule has 0 radical (unpaired) electrons. The number of aromatic nitrogens is 1. The van der Waals surface area contributed by atoms with Gasteiger partial charge in [0.25, 0.3) is 5.56 Å². The maximum atomic E-state index is 12.7. The van der Waals surface area contributed by atoms with Gasteiger partial charge in [-0.05, 0) is 49.7 Å². The van der Waals surface area contributed by atoms with Gasteiger partial charge < -0.3 is 4.42 Å². The number of furan rings is 1. The predicted octanol–water partition coefficient (Wildman–Crippen LogP) is 5.12. The molecular weight excluding hydrogens is 354 g/mol. The summed E-state index contributed by atoms with van der Waals surface area (Å²) < 4.78 is 8.70. The predicted molar refractivity (Wildman–Crippen MR) is 96.5 cm³/mol. The maximum absolute atomic E-state index is 12.7. The van der Waals surface area contributed by atoms with Crippen molar-refractivity contribution in [2.45, 2.75) is 13.8 Å². The van der Waals surface area contributed by atoms with Crippen molar-refractivity contribution in [2.75, 3.05) is 0 Å². The van der Waals surface area contributed by atoms with Gasteiger partial charge in [-0.2, -0.15) is 0 Å². The molecule has 2 heterocycles. The number of pyridine rings is 1. The van der Waals surface area contributed by atoms with Gasteiger partial charge in [0.2, 0.25) is 0 Å². The SMILES string of the molecule is Cc1ccc2c(c1)oc1c(C)n(-c3ccc(Br)cc3)c(=O)cc12. The van der Waals surface area contributed by atoms with Crippen LogP contribution in [0, 0.1) is 13.8 Å². The normalized spacial score (nSPS) is 11.4. The van der Waals surface area contributed by atoms with Crippen LogP contribution in [-0.4, -0.2) is 4.57 Å². The second-order valence-electron chi connectivity index (χ2n) is 5.72. The molecule has 0 saturated heterocycles. The Balaban J connectivity index is 2.09. The third-order valence-corrected chi connectivity index (χ3v) is 4.65. The minimum Gasteiger partial charge on any atom is -0.454 e. The van der Waals surface area contributed by atoms with Crippen LogP contribution in [-0.2, 0) is 0 Å². The molecule has 0 unspecified atom stereocenters. The third-order valence-electron chi connectivity index (χ3n) is 4.12. The van der Waals surface area contributed by atoms with E-state index in [4.69, 9.17) is 4.42 Å². The molecule has 0 fully saturated rings. The minimum atomic E-state index is -0.0550. The average molecular weight is 368 g/mol. The first-order valence-corrected chi connectivity index (χ1v) is 8.15. The Bertz CT molecular complexity index is 1100. The number of hydrogen-bond donors (Lipinski definition) is 0. The summed E-state index contributed by atoms with van der Waals surface area (Å²) in [6, 6.07) is 15.4. The van der Waals surface area contributed by atoms with Crippen molar-refractivity contribution < 1.29 is 4.42 Å². The van der Waals surface area contributed by atoms with Crippen molar-refractivity contribution in [1.29, 1.82) is 0 Å². The van der Waals surface area contributed by atoms with Crippen LogP contribution in [0.4, 0.5) is 0 Å². The number of nitrogens with zero attached hydrogens (tertiary/aromatic N) is 1. The van der Waals surface area contributed by atoms with E-state index >= 15 is 0 Å². The van der Waals surface area contributed by atoms with Gasteiger partial charge in [-0.25, -0.2) is 0 Å². The van der Waals surface area contributed by atoms with E-state index in [9.17, 15) is 4.79 Å². The lowest BCUT2D eigenvalue weighted by Crippen LogP contribution is -2.19. The molecule has 0 amide bonds. The van der Waals surface area contributed by atoms with Gasteiger partial charge in [0, 0.05) is 27.0 Å². The lowest BCUT2D eigenvalue weighted by molar-refractivity contribution is 0.658. The highest BCUT2D eigenvalue weighted by molar-refractivity contribution is 9.10. The quantitative estimate of drug-likeness (QED) is 0.468. The highest BCUT2D eigenvalue weighted by atomic mass is 79.9. The van der Waals surface area contributed by atoms with Gasteiger partial charge in [-0.15, -0.1) is 0 Å². The van der Waals surface area contributed by atoms with Crippen molar-refractivity contribution in [3.8, 4) is 5.69 Å². The van der Waals surface area contributed by atoms with E-state index in [0.717, 1.165) is 43.4 Å². The average Bonchev–Trinajstić information content (AvgIpc) is 2.87. The summed E-state index contributed by atoms with van der Waals surface area (Å²) in [4.78, 5) is 12.7. The number of rotatable bonds is 1. The Morgan fingerprint density at radius 3 is 2.43 bits per heavy atom. The zero-order chi connectivity index (χ0) is 16.1. The van der Waals surface area contributed by atoms with Crippen LogP contribution in [0.15, 0.2) is 62.2 Å². The van der Waals surface area contributed by atoms with Crippen molar-refractivity contribution in [1.82, 2.24) is 4.57 Å². The molecule has 0 N–H and O–H groups in total. The molecule has 0 spiro atoms. The van der Waals surface area contributed by atoms with Gasteiger partial charge in [0.15, 0.2) is 5.58 Å². The summed E-state index contributed by atoms with van der Waals surface area (Å²) in [5, 5.41) is 1.85. The first-order valence-electron chi connectivity index (χ1n) is 7.36. The van der Waals surface area contributed by atoms with E-state index in [-0.39, 0.29) is 5.56 Å². The largest absolute Gasteiger partial charge is 0.454 e. The molecule has 4 heteroatoms. The number of halogens is 1. The Hall–Kier alpha value is -2.33. The first-order chi connectivity index (χ1) is 11.0. The van der Waals surface area contributed by atoms with E-state index in [2.05, 4.69) is 15.9 Å². The lowest BCUT2D eigenvalue weighted by Gasteiger charge is -2.10. The van der Waals surface area contributed by atoms with Crippen LogP contribution in [0.3, 0.4) is 0 Å². The molecule has 0 aliphatic carbocycles. The number of fused-ring (bicyclic) bond motifs is 3. The fourth-order valence-corrected chi connectivity index (χ4v) is 3.27. The summed E-state index contributed by atoms with van der Waals surface area (Å²) in [5.41, 5.74) is 4.29. The zero-order valence-corrected chi connectivity index (χ0v) is 14.3. The smallest absolute Gasteiger partial charge is 0.256 e. The van der Waals surface area contributed by atoms with Gasteiger partial charge in [-0.1, -0.05) is 28.1 Å².